The first-order chi connectivity index (χ1) is 12.1. The molecular formula is C21H25N2O2+. The number of hydrogen-bond donors (Lipinski definition) is 1. The maximum absolute atomic E-state index is 12.0. The average molecular weight is 337 g/mol. The third-order valence-electron chi connectivity index (χ3n) is 4.88. The molecule has 0 amide bonds. The molecule has 1 N–H and O–H groups in total. The third-order valence-corrected chi connectivity index (χ3v) is 4.88. The van der Waals surface area contributed by atoms with E-state index in [-0.39, 0.29) is 0 Å². The van der Waals surface area contributed by atoms with E-state index in [0.717, 1.165) is 25.2 Å². The smallest absolute Gasteiger partial charge is 0.328 e. The topological polar surface area (TPSA) is 43.1 Å². The highest BCUT2D eigenvalue weighted by Crippen LogP contribution is 2.11. The SMILES string of the molecule is C[C@@H]1C[NH+](Cc2ccccc2)[C@@H](C)C/C1=N/OC(=O)c1ccccc1. The van der Waals surface area contributed by atoms with Crippen LogP contribution in [0.5, 0.6) is 0 Å². The number of rotatable bonds is 4. The molecule has 0 bridgehead atoms. The molecule has 2 aromatic rings. The lowest BCUT2D eigenvalue weighted by Gasteiger charge is -2.34. The van der Waals surface area contributed by atoms with Crippen LogP contribution in [0.15, 0.2) is 65.8 Å². The van der Waals surface area contributed by atoms with Crippen LogP contribution in [0.3, 0.4) is 0 Å². The number of piperidine rings is 1. The average Bonchev–Trinajstić information content (AvgIpc) is 2.64. The lowest BCUT2D eigenvalue weighted by Crippen LogP contribution is -3.16. The summed E-state index contributed by atoms with van der Waals surface area (Å²) in [5, 5.41) is 4.19. The minimum absolute atomic E-state index is 0.304. The Hall–Kier alpha value is -2.46. The van der Waals surface area contributed by atoms with Gasteiger partial charge in [0.2, 0.25) is 0 Å². The Bertz CT molecular complexity index is 728. The zero-order valence-corrected chi connectivity index (χ0v) is 14.8. The summed E-state index contributed by atoms with van der Waals surface area (Å²) in [6.45, 7) is 6.41. The molecule has 0 radical (unpaired) electrons. The Labute approximate surface area is 149 Å². The molecule has 0 spiro atoms. The second-order valence-corrected chi connectivity index (χ2v) is 6.86. The highest BCUT2D eigenvalue weighted by atomic mass is 16.7. The van der Waals surface area contributed by atoms with Crippen LogP contribution < -0.4 is 4.90 Å². The second-order valence-electron chi connectivity index (χ2n) is 6.86. The van der Waals surface area contributed by atoms with Crippen LogP contribution in [0.25, 0.3) is 0 Å². The lowest BCUT2D eigenvalue weighted by molar-refractivity contribution is -0.940. The summed E-state index contributed by atoms with van der Waals surface area (Å²) >= 11 is 0. The van der Waals surface area contributed by atoms with E-state index in [4.69, 9.17) is 4.84 Å². The number of carbonyl (C=O) groups is 1. The van der Waals surface area contributed by atoms with Gasteiger partial charge in [0.15, 0.2) is 0 Å². The zero-order valence-electron chi connectivity index (χ0n) is 14.8. The van der Waals surface area contributed by atoms with Crippen LogP contribution >= 0.6 is 0 Å². The fourth-order valence-corrected chi connectivity index (χ4v) is 3.33. The van der Waals surface area contributed by atoms with E-state index in [1.165, 1.54) is 5.56 Å². The van der Waals surface area contributed by atoms with E-state index in [2.05, 4.69) is 43.3 Å². The quantitative estimate of drug-likeness (QED) is 0.689. The first kappa shape index (κ1) is 17.4. The maximum Gasteiger partial charge on any atom is 0.365 e. The summed E-state index contributed by atoms with van der Waals surface area (Å²) < 4.78 is 0. The molecule has 0 aromatic heterocycles. The van der Waals surface area contributed by atoms with Crippen molar-refractivity contribution < 1.29 is 14.5 Å². The van der Waals surface area contributed by atoms with Crippen molar-refractivity contribution in [2.24, 2.45) is 11.1 Å². The van der Waals surface area contributed by atoms with Crippen molar-refractivity contribution in [1.29, 1.82) is 0 Å². The highest BCUT2D eigenvalue weighted by molar-refractivity contribution is 5.91. The fourth-order valence-electron chi connectivity index (χ4n) is 3.33. The summed E-state index contributed by atoms with van der Waals surface area (Å²) in [6, 6.07) is 20.0. The van der Waals surface area contributed by atoms with E-state index in [0.29, 0.717) is 17.5 Å². The van der Waals surface area contributed by atoms with Gasteiger partial charge in [0.25, 0.3) is 0 Å². The van der Waals surface area contributed by atoms with Crippen LogP contribution in [0, 0.1) is 5.92 Å². The molecule has 4 heteroatoms. The maximum atomic E-state index is 12.0. The summed E-state index contributed by atoms with van der Waals surface area (Å²) in [5.41, 5.74) is 2.86. The lowest BCUT2D eigenvalue weighted by atomic mass is 9.92. The minimum atomic E-state index is -0.396. The van der Waals surface area contributed by atoms with Crippen LogP contribution in [0.4, 0.5) is 0 Å². The van der Waals surface area contributed by atoms with Gasteiger partial charge in [0, 0.05) is 17.9 Å². The van der Waals surface area contributed by atoms with Crippen LogP contribution in [0.1, 0.15) is 36.2 Å². The van der Waals surface area contributed by atoms with Gasteiger partial charge in [-0.2, -0.15) is 0 Å². The van der Waals surface area contributed by atoms with Gasteiger partial charge in [0.05, 0.1) is 23.9 Å². The van der Waals surface area contributed by atoms with Crippen LogP contribution in [-0.4, -0.2) is 24.3 Å². The summed E-state index contributed by atoms with van der Waals surface area (Å²) in [5.74, 6) is -0.0921. The van der Waals surface area contributed by atoms with Crippen molar-refractivity contribution in [1.82, 2.24) is 0 Å². The molecule has 1 saturated heterocycles. The van der Waals surface area contributed by atoms with Gasteiger partial charge in [-0.05, 0) is 19.1 Å². The first-order valence-electron chi connectivity index (χ1n) is 8.85. The van der Waals surface area contributed by atoms with Crippen molar-refractivity contribution in [3.05, 3.63) is 71.8 Å². The molecule has 1 aliphatic rings. The van der Waals surface area contributed by atoms with Gasteiger partial charge < -0.3 is 9.74 Å². The molecule has 2 aromatic carbocycles. The molecule has 25 heavy (non-hydrogen) atoms. The van der Waals surface area contributed by atoms with Crippen LogP contribution in [-0.2, 0) is 11.4 Å². The Morgan fingerprint density at radius 1 is 1.08 bits per heavy atom. The van der Waals surface area contributed by atoms with E-state index in [1.54, 1.807) is 17.0 Å². The van der Waals surface area contributed by atoms with E-state index >= 15 is 0 Å². The van der Waals surface area contributed by atoms with Gasteiger partial charge in [-0.3, -0.25) is 0 Å². The Balaban J connectivity index is 1.61. The van der Waals surface area contributed by atoms with Gasteiger partial charge in [0.1, 0.15) is 6.54 Å². The largest absolute Gasteiger partial charge is 0.365 e. The number of carbonyl (C=O) groups excluding carboxylic acids is 1. The molecular weight excluding hydrogens is 312 g/mol. The number of likely N-dealkylation sites (tertiary alicyclic amines) is 1. The van der Waals surface area contributed by atoms with Gasteiger partial charge in [-0.15, -0.1) is 0 Å². The predicted octanol–water partition coefficient (Wildman–Crippen LogP) is 2.71. The number of quaternary nitrogens is 1. The van der Waals surface area contributed by atoms with Crippen molar-refractivity contribution in [2.45, 2.75) is 32.9 Å². The molecule has 4 nitrogen and oxygen atoms in total. The standard InChI is InChI=1S/C21H24N2O2/c1-16-14-23(15-18-9-5-3-6-10-18)17(2)13-20(16)22-25-21(24)19-11-7-4-8-12-19/h3-12,16-17H,13-15H2,1-2H3/p+1/b22-20-/t16-,17+/m1/s1. The van der Waals surface area contributed by atoms with Crippen molar-refractivity contribution >= 4 is 11.7 Å². The molecule has 3 atom stereocenters. The Morgan fingerprint density at radius 3 is 2.40 bits per heavy atom. The number of oxime groups is 1. The summed E-state index contributed by atoms with van der Waals surface area (Å²) in [6.07, 6.45) is 0.853. The summed E-state index contributed by atoms with van der Waals surface area (Å²) in [7, 11) is 0. The molecule has 130 valence electrons. The van der Waals surface area contributed by atoms with Gasteiger partial charge >= 0.3 is 5.97 Å². The van der Waals surface area contributed by atoms with E-state index in [9.17, 15) is 4.79 Å². The molecule has 3 rings (SSSR count). The second kappa shape index (κ2) is 8.08. The minimum Gasteiger partial charge on any atom is -0.328 e. The Kier molecular flexibility index (Phi) is 5.61. The monoisotopic (exact) mass is 337 g/mol. The number of nitrogens with zero attached hydrogens (tertiary/aromatic N) is 1. The van der Waals surface area contributed by atoms with E-state index in [1.807, 2.05) is 24.3 Å². The predicted molar refractivity (Wildman–Crippen MR) is 98.5 cm³/mol. The van der Waals surface area contributed by atoms with Gasteiger partial charge in [-0.1, -0.05) is 60.6 Å². The molecule has 1 fully saturated rings. The molecule has 1 aliphatic heterocycles. The molecule has 1 heterocycles. The molecule has 0 aliphatic carbocycles. The number of benzene rings is 2. The first-order valence-corrected chi connectivity index (χ1v) is 8.85. The highest BCUT2D eigenvalue weighted by Gasteiger charge is 2.32. The third kappa shape index (κ3) is 4.54. The van der Waals surface area contributed by atoms with Crippen molar-refractivity contribution in [2.75, 3.05) is 6.54 Å². The van der Waals surface area contributed by atoms with Crippen LogP contribution in [0.2, 0.25) is 0 Å². The van der Waals surface area contributed by atoms with Crippen molar-refractivity contribution in [3.8, 4) is 0 Å². The number of nitrogens with one attached hydrogen (secondary N) is 1. The Morgan fingerprint density at radius 2 is 1.72 bits per heavy atom. The molecule has 0 saturated carbocycles. The van der Waals surface area contributed by atoms with Gasteiger partial charge in [-0.25, -0.2) is 4.79 Å². The summed E-state index contributed by atoms with van der Waals surface area (Å²) in [4.78, 5) is 18.8. The fraction of sp³-hybridized carbons (Fsp3) is 0.333. The zero-order chi connectivity index (χ0) is 17.6. The van der Waals surface area contributed by atoms with Crippen molar-refractivity contribution in [3.63, 3.8) is 0 Å². The normalized spacial score (nSPS) is 24.9. The number of hydrogen-bond acceptors (Lipinski definition) is 3. The van der Waals surface area contributed by atoms with E-state index < -0.39 is 5.97 Å². The molecule has 1 unspecified atom stereocenters.